The largest absolute Gasteiger partial charge is 0.321 e. The van der Waals surface area contributed by atoms with E-state index < -0.39 is 5.82 Å². The fourth-order valence-electron chi connectivity index (χ4n) is 1.31. The Labute approximate surface area is 85.6 Å². The molecule has 0 spiro atoms. The predicted molar refractivity (Wildman–Crippen MR) is 51.5 cm³/mol. The molecule has 1 aromatic carbocycles. The van der Waals surface area contributed by atoms with Gasteiger partial charge in [0.2, 0.25) is 0 Å². The zero-order chi connectivity index (χ0) is 9.64. The van der Waals surface area contributed by atoms with E-state index in [-0.39, 0.29) is 10.6 Å². The Morgan fingerprint density at radius 3 is 2.38 bits per heavy atom. The van der Waals surface area contributed by atoms with Crippen LogP contribution in [0.4, 0.5) is 4.39 Å². The minimum atomic E-state index is -0.500. The maximum absolute atomic E-state index is 12.9. The average Bonchev–Trinajstić information content (AvgIpc) is 2.77. The molecule has 0 radical (unpaired) electrons. The quantitative estimate of drug-likeness (QED) is 0.723. The third-order valence-corrected chi connectivity index (χ3v) is 2.94. The van der Waals surface area contributed by atoms with E-state index >= 15 is 0 Å². The average molecular weight is 220 g/mol. The monoisotopic (exact) mass is 219 g/mol. The van der Waals surface area contributed by atoms with Gasteiger partial charge in [-0.15, -0.1) is 0 Å². The Morgan fingerprint density at radius 1 is 1.23 bits per heavy atom. The first-order chi connectivity index (χ1) is 6.03. The van der Waals surface area contributed by atoms with Crippen molar-refractivity contribution >= 4 is 23.2 Å². The third-order valence-electron chi connectivity index (χ3n) is 2.34. The minimum Gasteiger partial charge on any atom is -0.321 e. The summed E-state index contributed by atoms with van der Waals surface area (Å²) in [6, 6.07) is 2.73. The lowest BCUT2D eigenvalue weighted by atomic mass is 10.1. The van der Waals surface area contributed by atoms with Crippen LogP contribution in [0.3, 0.4) is 0 Å². The van der Waals surface area contributed by atoms with Crippen LogP contribution in [0.15, 0.2) is 12.1 Å². The summed E-state index contributed by atoms with van der Waals surface area (Å²) in [5, 5.41) is 0.443. The van der Waals surface area contributed by atoms with E-state index in [1.54, 1.807) is 0 Å². The lowest BCUT2D eigenvalue weighted by molar-refractivity contribution is 0.625. The standard InChI is InChI=1S/C9H8Cl2FN/c10-6-4-8(12)7(11)3-5(6)9(13)1-2-9/h3-4H,1-2,13H2. The minimum absolute atomic E-state index is 0.0797. The van der Waals surface area contributed by atoms with Crippen molar-refractivity contribution < 1.29 is 4.39 Å². The number of benzene rings is 1. The van der Waals surface area contributed by atoms with Crippen molar-refractivity contribution in [2.75, 3.05) is 0 Å². The molecule has 0 saturated heterocycles. The van der Waals surface area contributed by atoms with Gasteiger partial charge >= 0.3 is 0 Å². The normalized spacial score (nSPS) is 18.8. The van der Waals surface area contributed by atoms with Crippen LogP contribution in [-0.4, -0.2) is 0 Å². The Kier molecular flexibility index (Phi) is 2.02. The van der Waals surface area contributed by atoms with E-state index in [4.69, 9.17) is 28.9 Å². The Bertz CT molecular complexity index is 361. The summed E-state index contributed by atoms with van der Waals surface area (Å²) < 4.78 is 12.9. The van der Waals surface area contributed by atoms with E-state index in [0.717, 1.165) is 18.4 Å². The van der Waals surface area contributed by atoms with Gasteiger partial charge in [0.05, 0.1) is 5.02 Å². The zero-order valence-electron chi connectivity index (χ0n) is 6.78. The highest BCUT2D eigenvalue weighted by Gasteiger charge is 2.41. The molecule has 2 rings (SSSR count). The smallest absolute Gasteiger partial charge is 0.143 e. The second-order valence-corrected chi connectivity index (χ2v) is 4.22. The van der Waals surface area contributed by atoms with E-state index in [9.17, 15) is 4.39 Å². The van der Waals surface area contributed by atoms with Crippen molar-refractivity contribution in [2.45, 2.75) is 18.4 Å². The van der Waals surface area contributed by atoms with Crippen LogP contribution in [0.5, 0.6) is 0 Å². The summed E-state index contributed by atoms with van der Waals surface area (Å²) in [4.78, 5) is 0. The molecule has 0 aromatic heterocycles. The third kappa shape index (κ3) is 1.54. The molecule has 1 aliphatic rings. The van der Waals surface area contributed by atoms with Gasteiger partial charge in [-0.05, 0) is 30.5 Å². The summed E-state index contributed by atoms with van der Waals surface area (Å²) in [6.45, 7) is 0. The van der Waals surface area contributed by atoms with Crippen molar-refractivity contribution in [2.24, 2.45) is 5.73 Å². The van der Waals surface area contributed by atoms with Gasteiger partial charge in [-0.25, -0.2) is 4.39 Å². The highest BCUT2D eigenvalue weighted by molar-refractivity contribution is 6.33. The van der Waals surface area contributed by atoms with Crippen molar-refractivity contribution in [3.63, 3.8) is 0 Å². The molecule has 1 fully saturated rings. The summed E-state index contributed by atoms with van der Waals surface area (Å²) >= 11 is 11.5. The van der Waals surface area contributed by atoms with Crippen LogP contribution >= 0.6 is 23.2 Å². The second-order valence-electron chi connectivity index (χ2n) is 3.40. The number of rotatable bonds is 1. The highest BCUT2D eigenvalue weighted by atomic mass is 35.5. The molecule has 1 saturated carbocycles. The first kappa shape index (κ1) is 9.25. The van der Waals surface area contributed by atoms with Gasteiger partial charge in [0.15, 0.2) is 0 Å². The molecule has 2 N–H and O–H groups in total. The first-order valence-corrected chi connectivity index (χ1v) is 4.72. The van der Waals surface area contributed by atoms with E-state index in [1.165, 1.54) is 12.1 Å². The maximum atomic E-state index is 12.9. The Balaban J connectivity index is 2.52. The molecular weight excluding hydrogens is 212 g/mol. The number of hydrogen-bond donors (Lipinski definition) is 1. The topological polar surface area (TPSA) is 26.0 Å². The summed E-state index contributed by atoms with van der Waals surface area (Å²) in [6.07, 6.45) is 1.77. The van der Waals surface area contributed by atoms with E-state index in [1.807, 2.05) is 0 Å². The number of nitrogens with two attached hydrogens (primary N) is 1. The van der Waals surface area contributed by atoms with Crippen LogP contribution in [-0.2, 0) is 5.54 Å². The Morgan fingerprint density at radius 2 is 1.85 bits per heavy atom. The summed E-state index contributed by atoms with van der Waals surface area (Å²) in [5.74, 6) is -0.500. The maximum Gasteiger partial charge on any atom is 0.143 e. The van der Waals surface area contributed by atoms with Crippen molar-refractivity contribution in [3.8, 4) is 0 Å². The SMILES string of the molecule is NC1(c2cc(Cl)c(F)cc2Cl)CC1. The number of hydrogen-bond acceptors (Lipinski definition) is 1. The fraction of sp³-hybridized carbons (Fsp3) is 0.333. The molecule has 70 valence electrons. The van der Waals surface area contributed by atoms with E-state index in [0.29, 0.717) is 5.02 Å². The van der Waals surface area contributed by atoms with Gasteiger partial charge in [0, 0.05) is 10.6 Å². The van der Waals surface area contributed by atoms with Crippen LogP contribution in [0.1, 0.15) is 18.4 Å². The Hall–Kier alpha value is -0.310. The molecule has 0 unspecified atom stereocenters. The van der Waals surface area contributed by atoms with E-state index in [2.05, 4.69) is 0 Å². The molecule has 1 aliphatic carbocycles. The first-order valence-electron chi connectivity index (χ1n) is 3.97. The van der Waals surface area contributed by atoms with Crippen molar-refractivity contribution in [1.29, 1.82) is 0 Å². The fourth-order valence-corrected chi connectivity index (χ4v) is 1.81. The predicted octanol–water partition coefficient (Wildman–Crippen LogP) is 3.08. The van der Waals surface area contributed by atoms with Crippen LogP contribution < -0.4 is 5.73 Å². The second kappa shape index (κ2) is 2.84. The van der Waals surface area contributed by atoms with Crippen LogP contribution in [0.2, 0.25) is 10.0 Å². The molecule has 0 amide bonds. The van der Waals surface area contributed by atoms with Gasteiger partial charge in [-0.1, -0.05) is 23.2 Å². The molecule has 1 aromatic rings. The molecule has 0 heterocycles. The van der Waals surface area contributed by atoms with Gasteiger partial charge in [0.25, 0.3) is 0 Å². The van der Waals surface area contributed by atoms with Gasteiger partial charge in [-0.2, -0.15) is 0 Å². The molecule has 13 heavy (non-hydrogen) atoms. The van der Waals surface area contributed by atoms with Gasteiger partial charge in [0.1, 0.15) is 5.82 Å². The summed E-state index contributed by atoms with van der Waals surface area (Å²) in [5.41, 5.74) is 6.31. The van der Waals surface area contributed by atoms with Crippen molar-refractivity contribution in [3.05, 3.63) is 33.6 Å². The lowest BCUT2D eigenvalue weighted by Crippen LogP contribution is -2.19. The molecule has 0 aliphatic heterocycles. The van der Waals surface area contributed by atoms with Crippen LogP contribution in [0, 0.1) is 5.82 Å². The lowest BCUT2D eigenvalue weighted by Gasteiger charge is -2.11. The number of halogens is 3. The molecule has 1 nitrogen and oxygen atoms in total. The zero-order valence-corrected chi connectivity index (χ0v) is 8.29. The van der Waals surface area contributed by atoms with Crippen molar-refractivity contribution in [1.82, 2.24) is 0 Å². The molecule has 4 heteroatoms. The summed E-state index contributed by atoms with van der Waals surface area (Å²) in [7, 11) is 0. The van der Waals surface area contributed by atoms with Gasteiger partial charge < -0.3 is 5.73 Å². The molecule has 0 bridgehead atoms. The van der Waals surface area contributed by atoms with Crippen LogP contribution in [0.25, 0.3) is 0 Å². The molecular formula is C9H8Cl2FN. The highest BCUT2D eigenvalue weighted by Crippen LogP contribution is 2.46. The molecule has 0 atom stereocenters. The van der Waals surface area contributed by atoms with Gasteiger partial charge in [-0.3, -0.25) is 0 Å².